The summed E-state index contributed by atoms with van der Waals surface area (Å²) in [5.74, 6) is 0.807. The largest absolute Gasteiger partial charge is 0.296 e. The standard InChI is InChI=1S/C21H19N3O/c25-15-19-12-13-24-21(23-19)20(14-22-24)18-10-8-17(9-11-18)7-6-16-4-2-1-3-5-16/h1-5,8-13,15,22H,6-7,14H2. The molecule has 2 aliphatic rings. The number of hydrogen-bond donors (Lipinski definition) is 1. The summed E-state index contributed by atoms with van der Waals surface area (Å²) in [4.78, 5) is 15.4. The fraction of sp³-hybridized carbons (Fsp3) is 0.143. The molecule has 0 atom stereocenters. The van der Waals surface area contributed by atoms with Gasteiger partial charge in [0.25, 0.3) is 0 Å². The molecule has 0 fully saturated rings. The van der Waals surface area contributed by atoms with E-state index in [9.17, 15) is 4.79 Å². The van der Waals surface area contributed by atoms with Crippen LogP contribution in [0.25, 0.3) is 5.57 Å². The number of hydrogen-bond acceptors (Lipinski definition) is 4. The second-order valence-electron chi connectivity index (χ2n) is 6.16. The maximum absolute atomic E-state index is 11.0. The van der Waals surface area contributed by atoms with E-state index in [2.05, 4.69) is 58.9 Å². The van der Waals surface area contributed by atoms with E-state index in [-0.39, 0.29) is 0 Å². The average Bonchev–Trinajstić information content (AvgIpc) is 3.10. The highest BCUT2D eigenvalue weighted by atomic mass is 16.1. The van der Waals surface area contributed by atoms with Crippen molar-refractivity contribution in [1.82, 2.24) is 10.4 Å². The van der Waals surface area contributed by atoms with Crippen LogP contribution in [-0.4, -0.2) is 23.6 Å². The van der Waals surface area contributed by atoms with Crippen molar-refractivity contribution >= 4 is 17.6 Å². The Morgan fingerprint density at radius 2 is 1.72 bits per heavy atom. The normalized spacial score (nSPS) is 16.0. The van der Waals surface area contributed by atoms with Crippen LogP contribution in [0.1, 0.15) is 16.7 Å². The van der Waals surface area contributed by atoms with Gasteiger partial charge < -0.3 is 0 Å². The molecule has 4 heteroatoms. The van der Waals surface area contributed by atoms with Gasteiger partial charge in [0, 0.05) is 18.3 Å². The Bertz CT molecular complexity index is 864. The van der Waals surface area contributed by atoms with Gasteiger partial charge in [0.2, 0.25) is 0 Å². The van der Waals surface area contributed by atoms with Gasteiger partial charge in [-0.15, -0.1) is 0 Å². The minimum Gasteiger partial charge on any atom is -0.296 e. The molecular formula is C21H19N3O. The van der Waals surface area contributed by atoms with E-state index in [1.54, 1.807) is 6.08 Å². The molecule has 0 aliphatic carbocycles. The number of allylic oxidation sites excluding steroid dienone is 1. The third-order valence-electron chi connectivity index (χ3n) is 4.52. The third-order valence-corrected chi connectivity index (χ3v) is 4.52. The predicted octanol–water partition coefficient (Wildman–Crippen LogP) is 3.13. The molecular weight excluding hydrogens is 310 g/mol. The van der Waals surface area contributed by atoms with Crippen LogP contribution in [0.15, 0.2) is 77.7 Å². The van der Waals surface area contributed by atoms with Crippen LogP contribution in [0.4, 0.5) is 0 Å². The average molecular weight is 329 g/mol. The quantitative estimate of drug-likeness (QED) is 0.857. The highest BCUT2D eigenvalue weighted by molar-refractivity contribution is 6.34. The van der Waals surface area contributed by atoms with E-state index in [4.69, 9.17) is 0 Å². The molecule has 0 amide bonds. The zero-order chi connectivity index (χ0) is 17.1. The number of hydrazine groups is 1. The molecule has 0 aromatic heterocycles. The van der Waals surface area contributed by atoms with Crippen molar-refractivity contribution in [3.63, 3.8) is 0 Å². The van der Waals surface area contributed by atoms with Gasteiger partial charge in [0.15, 0.2) is 12.1 Å². The molecule has 4 nitrogen and oxygen atoms in total. The van der Waals surface area contributed by atoms with Gasteiger partial charge in [-0.3, -0.25) is 9.80 Å². The molecule has 0 bridgehead atoms. The van der Waals surface area contributed by atoms with Crippen molar-refractivity contribution in [3.05, 3.63) is 89.4 Å². The fourth-order valence-electron chi connectivity index (χ4n) is 3.12. The number of fused-ring (bicyclic) bond motifs is 1. The third kappa shape index (κ3) is 3.30. The van der Waals surface area contributed by atoms with Crippen LogP contribution in [0.5, 0.6) is 0 Å². The summed E-state index contributed by atoms with van der Waals surface area (Å²) in [5.41, 5.74) is 8.64. The van der Waals surface area contributed by atoms with Crippen LogP contribution in [-0.2, 0) is 17.6 Å². The Morgan fingerprint density at radius 3 is 2.44 bits per heavy atom. The first-order chi connectivity index (χ1) is 12.3. The summed E-state index contributed by atoms with van der Waals surface area (Å²) in [6.45, 7) is 0.707. The molecule has 25 heavy (non-hydrogen) atoms. The van der Waals surface area contributed by atoms with Gasteiger partial charge in [-0.2, -0.15) is 0 Å². The number of nitrogens with one attached hydrogen (secondary N) is 1. The molecule has 2 aromatic carbocycles. The summed E-state index contributed by atoms with van der Waals surface area (Å²) < 4.78 is 0. The second-order valence-corrected chi connectivity index (χ2v) is 6.16. The van der Waals surface area contributed by atoms with E-state index < -0.39 is 0 Å². The van der Waals surface area contributed by atoms with Crippen molar-refractivity contribution in [2.45, 2.75) is 12.8 Å². The summed E-state index contributed by atoms with van der Waals surface area (Å²) >= 11 is 0. The smallest absolute Gasteiger partial charge is 0.168 e. The molecule has 0 saturated carbocycles. The van der Waals surface area contributed by atoms with Gasteiger partial charge in [-0.05, 0) is 35.6 Å². The molecule has 0 radical (unpaired) electrons. The number of carbonyl (C=O) groups excluding carboxylic acids is 1. The number of nitrogens with zero attached hydrogens (tertiary/aromatic N) is 2. The van der Waals surface area contributed by atoms with Gasteiger partial charge >= 0.3 is 0 Å². The minimum atomic E-state index is 0.451. The summed E-state index contributed by atoms with van der Waals surface area (Å²) in [7, 11) is 0. The van der Waals surface area contributed by atoms with E-state index in [1.165, 1.54) is 11.1 Å². The summed E-state index contributed by atoms with van der Waals surface area (Å²) in [5, 5.41) is 1.87. The van der Waals surface area contributed by atoms with E-state index in [1.807, 2.05) is 17.3 Å². The first-order valence-electron chi connectivity index (χ1n) is 8.45. The lowest BCUT2D eigenvalue weighted by molar-refractivity contribution is -0.102. The van der Waals surface area contributed by atoms with E-state index in [0.717, 1.165) is 36.1 Å². The number of rotatable bonds is 5. The highest BCUT2D eigenvalue weighted by Gasteiger charge is 2.24. The van der Waals surface area contributed by atoms with E-state index >= 15 is 0 Å². The van der Waals surface area contributed by atoms with Crippen molar-refractivity contribution < 1.29 is 4.79 Å². The van der Waals surface area contributed by atoms with Crippen molar-refractivity contribution in [1.29, 1.82) is 0 Å². The molecule has 2 heterocycles. The topological polar surface area (TPSA) is 44.7 Å². The number of carbonyl (C=O) groups is 1. The monoisotopic (exact) mass is 329 g/mol. The maximum Gasteiger partial charge on any atom is 0.168 e. The maximum atomic E-state index is 11.0. The molecule has 0 saturated heterocycles. The number of benzene rings is 2. The summed E-state index contributed by atoms with van der Waals surface area (Å²) in [6.07, 6.45) is 6.40. The Morgan fingerprint density at radius 1 is 1.00 bits per heavy atom. The Kier molecular flexibility index (Phi) is 4.27. The van der Waals surface area contributed by atoms with Crippen LogP contribution in [0.2, 0.25) is 0 Å². The van der Waals surface area contributed by atoms with Crippen molar-refractivity contribution in [2.75, 3.05) is 6.54 Å². The minimum absolute atomic E-state index is 0.451. The number of aryl methyl sites for hydroxylation is 2. The Labute approximate surface area is 147 Å². The molecule has 0 unspecified atom stereocenters. The molecule has 1 N–H and O–H groups in total. The Balaban J connectivity index is 1.51. The summed E-state index contributed by atoms with van der Waals surface area (Å²) in [6, 6.07) is 19.2. The number of aldehydes is 1. The molecule has 2 aromatic rings. The lowest BCUT2D eigenvalue weighted by Gasteiger charge is -2.17. The zero-order valence-electron chi connectivity index (χ0n) is 13.9. The fourth-order valence-corrected chi connectivity index (χ4v) is 3.12. The first-order valence-corrected chi connectivity index (χ1v) is 8.45. The molecule has 124 valence electrons. The Hall–Kier alpha value is -2.98. The predicted molar refractivity (Wildman–Crippen MR) is 99.7 cm³/mol. The van der Waals surface area contributed by atoms with Crippen molar-refractivity contribution in [2.24, 2.45) is 4.99 Å². The van der Waals surface area contributed by atoms with Gasteiger partial charge in [-0.25, -0.2) is 10.4 Å². The van der Waals surface area contributed by atoms with Gasteiger partial charge in [0.05, 0.1) is 0 Å². The molecule has 4 rings (SSSR count). The van der Waals surface area contributed by atoms with Gasteiger partial charge in [0.1, 0.15) is 5.71 Å². The SMILES string of the molecule is O=CC1=NC2=C(c3ccc(CCc4ccccc4)cc3)CNN2C=C1. The van der Waals surface area contributed by atoms with Crippen LogP contribution < -0.4 is 5.43 Å². The highest BCUT2D eigenvalue weighted by Crippen LogP contribution is 2.28. The second kappa shape index (κ2) is 6.87. The molecule has 0 spiro atoms. The van der Waals surface area contributed by atoms with Crippen LogP contribution >= 0.6 is 0 Å². The van der Waals surface area contributed by atoms with Crippen LogP contribution in [0.3, 0.4) is 0 Å². The lowest BCUT2D eigenvalue weighted by atomic mass is 10.0. The van der Waals surface area contributed by atoms with Crippen LogP contribution in [0, 0.1) is 0 Å². The van der Waals surface area contributed by atoms with Gasteiger partial charge in [-0.1, -0.05) is 54.6 Å². The molecule has 2 aliphatic heterocycles. The first kappa shape index (κ1) is 15.5. The lowest BCUT2D eigenvalue weighted by Crippen LogP contribution is -2.28. The van der Waals surface area contributed by atoms with E-state index in [0.29, 0.717) is 12.3 Å². The number of aliphatic imine (C=N–C) groups is 1. The van der Waals surface area contributed by atoms with Crippen molar-refractivity contribution in [3.8, 4) is 0 Å². The zero-order valence-corrected chi connectivity index (χ0v) is 13.9.